The summed E-state index contributed by atoms with van der Waals surface area (Å²) in [7, 11) is 0. The van der Waals surface area contributed by atoms with Gasteiger partial charge in [-0.2, -0.15) is 0 Å². The number of thiophene rings is 1. The van der Waals surface area contributed by atoms with Crippen molar-refractivity contribution in [3.63, 3.8) is 0 Å². The lowest BCUT2D eigenvalue weighted by molar-refractivity contribution is -0.120. The van der Waals surface area contributed by atoms with Crippen molar-refractivity contribution < 1.29 is 14.0 Å². The molecule has 0 unspecified atom stereocenters. The van der Waals surface area contributed by atoms with Crippen LogP contribution in [-0.2, 0) is 11.2 Å². The van der Waals surface area contributed by atoms with Crippen molar-refractivity contribution in [2.45, 2.75) is 6.42 Å². The molecule has 2 amide bonds. The van der Waals surface area contributed by atoms with E-state index in [1.54, 1.807) is 23.5 Å². The van der Waals surface area contributed by atoms with Gasteiger partial charge in [0, 0.05) is 23.5 Å². The molecule has 0 aliphatic heterocycles. The zero-order chi connectivity index (χ0) is 20.8. The summed E-state index contributed by atoms with van der Waals surface area (Å²) in [6.45, 7) is 0.658. The Bertz CT molecular complexity index is 1100. The summed E-state index contributed by atoms with van der Waals surface area (Å²) in [6, 6.07) is 17.2. The molecule has 0 saturated heterocycles. The maximum atomic E-state index is 12.5. The van der Waals surface area contributed by atoms with Crippen molar-refractivity contribution in [3.05, 3.63) is 76.9 Å². The second kappa shape index (κ2) is 9.51. The lowest BCUT2D eigenvalue weighted by Crippen LogP contribution is -2.35. The molecule has 3 heterocycles. The number of aromatic nitrogens is 1. The standard InChI is InChI=1S/C22H19N3O3S2/c26-19(23-10-11-24-21(27)16-8-4-12-28-16)14-18-20(17-9-5-13-29-17)25-22(30-18)15-6-2-1-3-7-15/h1-9,12-13H,10-11,14H2,(H,23,26)(H,24,27). The maximum Gasteiger partial charge on any atom is 0.287 e. The first-order valence-electron chi connectivity index (χ1n) is 9.38. The Balaban J connectivity index is 1.38. The first-order chi connectivity index (χ1) is 14.7. The lowest BCUT2D eigenvalue weighted by Gasteiger charge is -2.06. The van der Waals surface area contributed by atoms with E-state index in [9.17, 15) is 9.59 Å². The highest BCUT2D eigenvalue weighted by atomic mass is 32.1. The third kappa shape index (κ3) is 4.84. The predicted molar refractivity (Wildman–Crippen MR) is 119 cm³/mol. The zero-order valence-electron chi connectivity index (χ0n) is 16.0. The van der Waals surface area contributed by atoms with Gasteiger partial charge >= 0.3 is 0 Å². The normalized spacial score (nSPS) is 10.7. The van der Waals surface area contributed by atoms with Crippen LogP contribution in [-0.4, -0.2) is 29.9 Å². The number of benzene rings is 1. The van der Waals surface area contributed by atoms with E-state index in [1.165, 1.54) is 17.6 Å². The number of nitrogens with one attached hydrogen (secondary N) is 2. The fraction of sp³-hybridized carbons (Fsp3) is 0.136. The van der Waals surface area contributed by atoms with E-state index < -0.39 is 0 Å². The number of hydrogen-bond donors (Lipinski definition) is 2. The lowest BCUT2D eigenvalue weighted by atomic mass is 10.2. The number of amides is 2. The monoisotopic (exact) mass is 437 g/mol. The van der Waals surface area contributed by atoms with Gasteiger partial charge in [-0.25, -0.2) is 4.98 Å². The minimum Gasteiger partial charge on any atom is -0.459 e. The smallest absolute Gasteiger partial charge is 0.287 e. The van der Waals surface area contributed by atoms with Gasteiger partial charge in [0.05, 0.1) is 23.3 Å². The van der Waals surface area contributed by atoms with Gasteiger partial charge in [0.25, 0.3) is 5.91 Å². The van der Waals surface area contributed by atoms with E-state index in [0.717, 1.165) is 26.0 Å². The molecule has 1 aromatic carbocycles. The summed E-state index contributed by atoms with van der Waals surface area (Å²) >= 11 is 3.14. The number of furan rings is 1. The molecule has 0 spiro atoms. The zero-order valence-corrected chi connectivity index (χ0v) is 17.6. The van der Waals surface area contributed by atoms with E-state index in [2.05, 4.69) is 10.6 Å². The van der Waals surface area contributed by atoms with Crippen molar-refractivity contribution in [1.82, 2.24) is 15.6 Å². The maximum absolute atomic E-state index is 12.5. The molecule has 8 heteroatoms. The summed E-state index contributed by atoms with van der Waals surface area (Å²) in [5, 5.41) is 8.46. The van der Waals surface area contributed by atoms with Gasteiger partial charge in [-0.15, -0.1) is 22.7 Å². The summed E-state index contributed by atoms with van der Waals surface area (Å²) in [6.07, 6.45) is 1.69. The van der Waals surface area contributed by atoms with Crippen LogP contribution in [0.1, 0.15) is 15.4 Å². The molecule has 0 aliphatic rings. The second-order valence-corrected chi connectivity index (χ2v) is 8.43. The second-order valence-electron chi connectivity index (χ2n) is 6.39. The highest BCUT2D eigenvalue weighted by Gasteiger charge is 2.17. The first-order valence-corrected chi connectivity index (χ1v) is 11.1. The largest absolute Gasteiger partial charge is 0.459 e. The number of nitrogens with zero attached hydrogens (tertiary/aromatic N) is 1. The molecule has 3 aromatic heterocycles. The highest BCUT2D eigenvalue weighted by Crippen LogP contribution is 2.36. The van der Waals surface area contributed by atoms with Crippen molar-refractivity contribution in [2.75, 3.05) is 13.1 Å². The van der Waals surface area contributed by atoms with Crippen LogP contribution in [0.15, 0.2) is 70.7 Å². The Labute approximate surface area is 181 Å². The fourth-order valence-corrected chi connectivity index (χ4v) is 4.75. The molecule has 0 atom stereocenters. The van der Waals surface area contributed by atoms with Gasteiger partial charge in [0.1, 0.15) is 5.01 Å². The molecule has 30 heavy (non-hydrogen) atoms. The van der Waals surface area contributed by atoms with Crippen LogP contribution >= 0.6 is 22.7 Å². The van der Waals surface area contributed by atoms with Crippen molar-refractivity contribution in [2.24, 2.45) is 0 Å². The first kappa shape index (κ1) is 20.1. The molecular formula is C22H19N3O3S2. The van der Waals surface area contributed by atoms with Crippen LogP contribution in [0.3, 0.4) is 0 Å². The van der Waals surface area contributed by atoms with Crippen LogP contribution < -0.4 is 10.6 Å². The molecule has 152 valence electrons. The topological polar surface area (TPSA) is 84.2 Å². The molecule has 0 radical (unpaired) electrons. The molecule has 0 bridgehead atoms. The average molecular weight is 438 g/mol. The Morgan fingerprint density at radius 2 is 1.80 bits per heavy atom. The third-order valence-electron chi connectivity index (χ3n) is 4.27. The van der Waals surface area contributed by atoms with E-state index in [-0.39, 0.29) is 24.0 Å². The van der Waals surface area contributed by atoms with Crippen LogP contribution in [0.25, 0.3) is 21.1 Å². The van der Waals surface area contributed by atoms with Gasteiger partial charge in [-0.05, 0) is 23.6 Å². The van der Waals surface area contributed by atoms with E-state index >= 15 is 0 Å². The number of carbonyl (C=O) groups excluding carboxylic acids is 2. The van der Waals surface area contributed by atoms with E-state index in [0.29, 0.717) is 13.1 Å². The summed E-state index contributed by atoms with van der Waals surface area (Å²) in [5.41, 5.74) is 1.89. The Morgan fingerprint density at radius 1 is 0.967 bits per heavy atom. The van der Waals surface area contributed by atoms with Crippen molar-refractivity contribution in [3.8, 4) is 21.1 Å². The summed E-state index contributed by atoms with van der Waals surface area (Å²) in [5.74, 6) is -0.160. The van der Waals surface area contributed by atoms with Crippen molar-refractivity contribution >= 4 is 34.5 Å². The van der Waals surface area contributed by atoms with Gasteiger partial charge in [-0.1, -0.05) is 36.4 Å². The van der Waals surface area contributed by atoms with Gasteiger partial charge in [0.15, 0.2) is 5.76 Å². The Morgan fingerprint density at radius 3 is 2.53 bits per heavy atom. The van der Waals surface area contributed by atoms with E-state index in [1.807, 2.05) is 47.8 Å². The summed E-state index contributed by atoms with van der Waals surface area (Å²) < 4.78 is 5.04. The predicted octanol–water partition coefficient (Wildman–Crippen LogP) is 4.22. The van der Waals surface area contributed by atoms with E-state index in [4.69, 9.17) is 9.40 Å². The highest BCUT2D eigenvalue weighted by molar-refractivity contribution is 7.17. The molecule has 4 aromatic rings. The molecular weight excluding hydrogens is 418 g/mol. The minimum absolute atomic E-state index is 0.108. The van der Waals surface area contributed by atoms with Crippen LogP contribution in [0.5, 0.6) is 0 Å². The number of thiazole rings is 1. The van der Waals surface area contributed by atoms with Crippen LogP contribution in [0.2, 0.25) is 0 Å². The Hall–Kier alpha value is -3.23. The molecule has 6 nitrogen and oxygen atoms in total. The fourth-order valence-electron chi connectivity index (χ4n) is 2.86. The number of rotatable bonds is 8. The molecule has 0 saturated carbocycles. The number of carbonyl (C=O) groups is 2. The van der Waals surface area contributed by atoms with Gasteiger partial charge < -0.3 is 15.1 Å². The van der Waals surface area contributed by atoms with Crippen LogP contribution in [0.4, 0.5) is 0 Å². The average Bonchev–Trinajstić information content (AvgIpc) is 3.53. The van der Waals surface area contributed by atoms with Crippen LogP contribution in [0, 0.1) is 0 Å². The van der Waals surface area contributed by atoms with Gasteiger partial charge in [-0.3, -0.25) is 9.59 Å². The molecule has 0 aliphatic carbocycles. The molecule has 4 rings (SSSR count). The molecule has 2 N–H and O–H groups in total. The van der Waals surface area contributed by atoms with Crippen molar-refractivity contribution in [1.29, 1.82) is 0 Å². The third-order valence-corrected chi connectivity index (χ3v) is 6.25. The Kier molecular flexibility index (Phi) is 6.36. The number of hydrogen-bond acceptors (Lipinski definition) is 6. The van der Waals surface area contributed by atoms with Gasteiger partial charge in [0.2, 0.25) is 5.91 Å². The summed E-state index contributed by atoms with van der Waals surface area (Å²) in [4.78, 5) is 31.1. The SMILES string of the molecule is O=C(Cc1sc(-c2ccccc2)nc1-c1cccs1)NCCNC(=O)c1ccco1. The molecule has 0 fully saturated rings. The quantitative estimate of drug-likeness (QED) is 0.404. The minimum atomic E-state index is -0.302.